The van der Waals surface area contributed by atoms with Crippen LogP contribution in [0.1, 0.15) is 63.1 Å². The standard InChI is InChI=1S/C20H24N6OS/c1-10-11(2)18(23-12(3)15(10)7-21)20(27)24-13-4-5-16-14(6-13)19(26-25-16)17-8-22-9-28-17/h8-9,13-14,16,19,25-26H,4-6H2,1-3H3,(H,24,27). The smallest absolute Gasteiger partial charge is 0.270 e. The van der Waals surface area contributed by atoms with Gasteiger partial charge in [-0.05, 0) is 57.1 Å². The van der Waals surface area contributed by atoms with E-state index >= 15 is 0 Å². The van der Waals surface area contributed by atoms with E-state index in [1.807, 2.05) is 25.6 Å². The average Bonchev–Trinajstić information content (AvgIpc) is 3.34. The van der Waals surface area contributed by atoms with Crippen molar-refractivity contribution < 1.29 is 4.79 Å². The molecule has 8 heteroatoms. The lowest BCUT2D eigenvalue weighted by Crippen LogP contribution is -2.44. The van der Waals surface area contributed by atoms with Crippen molar-refractivity contribution in [3.8, 4) is 6.07 Å². The molecule has 3 N–H and O–H groups in total. The first-order chi connectivity index (χ1) is 13.5. The summed E-state index contributed by atoms with van der Waals surface area (Å²) in [7, 11) is 0. The van der Waals surface area contributed by atoms with E-state index < -0.39 is 0 Å². The van der Waals surface area contributed by atoms with Crippen molar-refractivity contribution in [1.82, 2.24) is 26.1 Å². The molecular formula is C20H24N6OS. The Kier molecular flexibility index (Phi) is 5.15. The maximum absolute atomic E-state index is 12.9. The summed E-state index contributed by atoms with van der Waals surface area (Å²) in [6.07, 6.45) is 4.77. The molecule has 2 aromatic heterocycles. The van der Waals surface area contributed by atoms with Crippen molar-refractivity contribution in [3.63, 3.8) is 0 Å². The van der Waals surface area contributed by atoms with Gasteiger partial charge in [0.15, 0.2) is 0 Å². The van der Waals surface area contributed by atoms with Crippen LogP contribution in [0.4, 0.5) is 0 Å². The number of hydrogen-bond donors (Lipinski definition) is 3. The van der Waals surface area contributed by atoms with E-state index in [1.165, 1.54) is 4.88 Å². The fourth-order valence-electron chi connectivity index (χ4n) is 4.43. The van der Waals surface area contributed by atoms with Gasteiger partial charge in [-0.3, -0.25) is 15.2 Å². The quantitative estimate of drug-likeness (QED) is 0.736. The highest BCUT2D eigenvalue weighted by atomic mass is 32.1. The van der Waals surface area contributed by atoms with E-state index in [0.717, 1.165) is 30.4 Å². The van der Waals surface area contributed by atoms with Crippen LogP contribution in [0.25, 0.3) is 0 Å². The van der Waals surface area contributed by atoms with Crippen LogP contribution in [-0.4, -0.2) is 28.0 Å². The molecule has 0 aromatic carbocycles. The summed E-state index contributed by atoms with van der Waals surface area (Å²) >= 11 is 1.66. The molecule has 28 heavy (non-hydrogen) atoms. The molecule has 1 aliphatic heterocycles. The number of nitriles is 1. The first kappa shape index (κ1) is 19.0. The van der Waals surface area contributed by atoms with Gasteiger partial charge >= 0.3 is 0 Å². The fourth-order valence-corrected chi connectivity index (χ4v) is 5.18. The molecule has 4 rings (SSSR count). The Hall–Kier alpha value is -2.34. The van der Waals surface area contributed by atoms with Gasteiger partial charge in [-0.2, -0.15) is 5.26 Å². The number of rotatable bonds is 3. The number of amides is 1. The van der Waals surface area contributed by atoms with Gasteiger partial charge in [0.1, 0.15) is 11.8 Å². The normalized spacial score (nSPS) is 26.5. The molecule has 1 amide bonds. The molecule has 2 fully saturated rings. The summed E-state index contributed by atoms with van der Waals surface area (Å²) < 4.78 is 0. The largest absolute Gasteiger partial charge is 0.348 e. The molecule has 146 valence electrons. The first-order valence-corrected chi connectivity index (χ1v) is 10.5. The Labute approximate surface area is 168 Å². The van der Waals surface area contributed by atoms with Crippen molar-refractivity contribution in [1.29, 1.82) is 5.26 Å². The van der Waals surface area contributed by atoms with E-state index in [2.05, 4.69) is 32.2 Å². The molecule has 1 aliphatic carbocycles. The van der Waals surface area contributed by atoms with Gasteiger partial charge in [-0.15, -0.1) is 11.3 Å². The van der Waals surface area contributed by atoms with Crippen LogP contribution >= 0.6 is 11.3 Å². The maximum atomic E-state index is 12.9. The summed E-state index contributed by atoms with van der Waals surface area (Å²) in [4.78, 5) is 22.8. The lowest BCUT2D eigenvalue weighted by Gasteiger charge is -2.33. The Morgan fingerprint density at radius 2 is 2.11 bits per heavy atom. The minimum Gasteiger partial charge on any atom is -0.348 e. The molecule has 7 nitrogen and oxygen atoms in total. The molecular weight excluding hydrogens is 372 g/mol. The molecule has 0 spiro atoms. The predicted molar refractivity (Wildman–Crippen MR) is 107 cm³/mol. The third-order valence-corrected chi connectivity index (χ3v) is 6.96. The van der Waals surface area contributed by atoms with Crippen molar-refractivity contribution in [3.05, 3.63) is 44.7 Å². The number of nitrogens with zero attached hydrogens (tertiary/aromatic N) is 3. The molecule has 3 heterocycles. The van der Waals surface area contributed by atoms with Gasteiger partial charge in [-0.1, -0.05) is 0 Å². The van der Waals surface area contributed by atoms with Crippen molar-refractivity contribution >= 4 is 17.2 Å². The second-order valence-electron chi connectivity index (χ2n) is 7.71. The molecule has 4 unspecified atom stereocenters. The number of aryl methyl sites for hydroxylation is 1. The van der Waals surface area contributed by atoms with Gasteiger partial charge in [-0.25, -0.2) is 10.4 Å². The molecule has 2 aromatic rings. The number of carbonyl (C=O) groups is 1. The monoisotopic (exact) mass is 396 g/mol. The number of thiazole rings is 1. The van der Waals surface area contributed by atoms with Gasteiger partial charge in [0.25, 0.3) is 5.91 Å². The number of fused-ring (bicyclic) bond motifs is 1. The number of hydrogen-bond acceptors (Lipinski definition) is 7. The lowest BCUT2D eigenvalue weighted by atomic mass is 9.79. The molecule has 2 aliphatic rings. The van der Waals surface area contributed by atoms with Crippen LogP contribution < -0.4 is 16.2 Å². The number of pyridine rings is 1. The van der Waals surface area contributed by atoms with Crippen LogP contribution in [0.2, 0.25) is 0 Å². The fraction of sp³-hybridized carbons (Fsp3) is 0.500. The van der Waals surface area contributed by atoms with E-state index in [9.17, 15) is 10.1 Å². The highest BCUT2D eigenvalue weighted by Gasteiger charge is 2.42. The molecule has 1 saturated carbocycles. The zero-order valence-corrected chi connectivity index (χ0v) is 17.1. The Morgan fingerprint density at radius 1 is 1.29 bits per heavy atom. The van der Waals surface area contributed by atoms with Crippen LogP contribution in [0, 0.1) is 38.0 Å². The molecule has 4 atom stereocenters. The third-order valence-electron chi connectivity index (χ3n) is 6.11. The second kappa shape index (κ2) is 7.59. The predicted octanol–water partition coefficient (Wildman–Crippen LogP) is 2.45. The summed E-state index contributed by atoms with van der Waals surface area (Å²) in [6.45, 7) is 5.52. The van der Waals surface area contributed by atoms with Crippen LogP contribution in [-0.2, 0) is 0 Å². The minimum atomic E-state index is -0.148. The summed E-state index contributed by atoms with van der Waals surface area (Å²) in [5.41, 5.74) is 11.9. The number of carbonyl (C=O) groups excluding carboxylic acids is 1. The van der Waals surface area contributed by atoms with Gasteiger partial charge < -0.3 is 5.32 Å². The van der Waals surface area contributed by atoms with E-state index in [1.54, 1.807) is 18.3 Å². The lowest BCUT2D eigenvalue weighted by molar-refractivity contribution is 0.0909. The highest BCUT2D eigenvalue weighted by molar-refractivity contribution is 7.09. The number of hydrazine groups is 1. The Balaban J connectivity index is 1.49. The Bertz CT molecular complexity index is 935. The van der Waals surface area contributed by atoms with Gasteiger partial charge in [0.2, 0.25) is 0 Å². The van der Waals surface area contributed by atoms with Crippen molar-refractivity contribution in [2.45, 2.75) is 58.2 Å². The molecule has 1 saturated heterocycles. The van der Waals surface area contributed by atoms with E-state index in [-0.39, 0.29) is 18.0 Å². The zero-order valence-electron chi connectivity index (χ0n) is 16.2. The molecule has 0 radical (unpaired) electrons. The second-order valence-corrected chi connectivity index (χ2v) is 8.62. The number of aromatic nitrogens is 2. The van der Waals surface area contributed by atoms with Crippen LogP contribution in [0.5, 0.6) is 0 Å². The topological polar surface area (TPSA) is 103 Å². The average molecular weight is 397 g/mol. The van der Waals surface area contributed by atoms with E-state index in [4.69, 9.17) is 0 Å². The van der Waals surface area contributed by atoms with E-state index in [0.29, 0.717) is 28.9 Å². The summed E-state index contributed by atoms with van der Waals surface area (Å²) in [6, 6.07) is 2.95. The van der Waals surface area contributed by atoms with Crippen molar-refractivity contribution in [2.75, 3.05) is 0 Å². The molecule has 0 bridgehead atoms. The highest BCUT2D eigenvalue weighted by Crippen LogP contribution is 2.39. The number of nitrogens with one attached hydrogen (secondary N) is 3. The maximum Gasteiger partial charge on any atom is 0.270 e. The van der Waals surface area contributed by atoms with Gasteiger partial charge in [0.05, 0.1) is 22.8 Å². The summed E-state index contributed by atoms with van der Waals surface area (Å²) in [5.74, 6) is 0.267. The first-order valence-electron chi connectivity index (χ1n) is 9.57. The Morgan fingerprint density at radius 3 is 2.82 bits per heavy atom. The van der Waals surface area contributed by atoms with Crippen LogP contribution in [0.3, 0.4) is 0 Å². The van der Waals surface area contributed by atoms with Gasteiger partial charge in [0, 0.05) is 23.2 Å². The summed E-state index contributed by atoms with van der Waals surface area (Å²) in [5, 5.41) is 12.5. The SMILES string of the molecule is Cc1nc(C(=O)NC2CCC3NNC(c4cncs4)C3C2)c(C)c(C)c1C#N. The van der Waals surface area contributed by atoms with Crippen molar-refractivity contribution in [2.24, 2.45) is 5.92 Å². The zero-order chi connectivity index (χ0) is 19.8. The third kappa shape index (κ3) is 3.30. The minimum absolute atomic E-state index is 0.114. The van der Waals surface area contributed by atoms with Crippen LogP contribution in [0.15, 0.2) is 11.7 Å².